The Kier molecular flexibility index (Phi) is 7.49. The fourth-order valence-electron chi connectivity index (χ4n) is 2.51. The number of hydrogen-bond acceptors (Lipinski definition) is 5. The quantitative estimate of drug-likeness (QED) is 0.626. The Morgan fingerprint density at radius 1 is 0.963 bits per heavy atom. The number of ether oxygens (including phenoxy) is 2. The van der Waals surface area contributed by atoms with Gasteiger partial charge in [0.25, 0.3) is 5.91 Å². The smallest absolute Gasteiger partial charge is 0.251 e. The molecule has 0 spiro atoms. The van der Waals surface area contributed by atoms with Crippen molar-refractivity contribution in [3.8, 4) is 11.5 Å². The molecule has 0 aromatic heterocycles. The van der Waals surface area contributed by atoms with Crippen LogP contribution in [-0.4, -0.2) is 46.2 Å². The number of nitrogens with one attached hydrogen (secondary N) is 3. The Bertz CT molecular complexity index is 775. The molecule has 3 N–H and O–H groups in total. The Balaban J connectivity index is 1.75. The number of rotatable bonds is 9. The van der Waals surface area contributed by atoms with Crippen molar-refractivity contribution in [2.45, 2.75) is 6.42 Å². The highest BCUT2D eigenvalue weighted by molar-refractivity contribution is 5.94. The molecule has 7 heteroatoms. The van der Waals surface area contributed by atoms with Gasteiger partial charge in [0, 0.05) is 24.8 Å². The van der Waals surface area contributed by atoms with E-state index in [1.807, 2.05) is 18.2 Å². The Hall–Kier alpha value is -3.22. The summed E-state index contributed by atoms with van der Waals surface area (Å²) in [6.07, 6.45) is 0.687. The molecule has 0 saturated carbocycles. The van der Waals surface area contributed by atoms with Crippen molar-refractivity contribution in [1.29, 1.82) is 0 Å². The maximum absolute atomic E-state index is 12.0. The molecule has 27 heavy (non-hydrogen) atoms. The molecular formula is C20H25N3O4. The van der Waals surface area contributed by atoms with Crippen molar-refractivity contribution < 1.29 is 19.1 Å². The second-order valence-corrected chi connectivity index (χ2v) is 5.80. The summed E-state index contributed by atoms with van der Waals surface area (Å²) in [5.41, 5.74) is 2.39. The lowest BCUT2D eigenvalue weighted by Crippen LogP contribution is -2.31. The van der Waals surface area contributed by atoms with E-state index in [1.165, 1.54) is 0 Å². The van der Waals surface area contributed by atoms with Crippen LogP contribution in [-0.2, 0) is 11.2 Å². The van der Waals surface area contributed by atoms with Crippen LogP contribution < -0.4 is 25.4 Å². The van der Waals surface area contributed by atoms with Crippen molar-refractivity contribution in [1.82, 2.24) is 10.6 Å². The van der Waals surface area contributed by atoms with Crippen LogP contribution in [0.1, 0.15) is 15.9 Å². The summed E-state index contributed by atoms with van der Waals surface area (Å²) in [6.45, 7) is 0.677. The van der Waals surface area contributed by atoms with Crippen LogP contribution in [0.2, 0.25) is 0 Å². The second-order valence-electron chi connectivity index (χ2n) is 5.80. The van der Waals surface area contributed by atoms with Crippen molar-refractivity contribution in [3.05, 3.63) is 53.6 Å². The lowest BCUT2D eigenvalue weighted by molar-refractivity contribution is -0.119. The summed E-state index contributed by atoms with van der Waals surface area (Å²) < 4.78 is 10.5. The molecule has 144 valence electrons. The first-order chi connectivity index (χ1) is 13.1. The van der Waals surface area contributed by atoms with Gasteiger partial charge < -0.3 is 25.4 Å². The summed E-state index contributed by atoms with van der Waals surface area (Å²) in [6, 6.07) is 12.6. The molecule has 0 aliphatic rings. The first kappa shape index (κ1) is 20.1. The number of anilines is 1. The molecule has 7 nitrogen and oxygen atoms in total. The highest BCUT2D eigenvalue weighted by atomic mass is 16.5. The van der Waals surface area contributed by atoms with Gasteiger partial charge in [0.1, 0.15) is 0 Å². The Labute approximate surface area is 159 Å². The van der Waals surface area contributed by atoms with Crippen LogP contribution in [0.4, 0.5) is 5.69 Å². The molecule has 0 unspecified atom stereocenters. The lowest BCUT2D eigenvalue weighted by atomic mass is 10.1. The number of carbonyl (C=O) groups is 2. The van der Waals surface area contributed by atoms with Crippen molar-refractivity contribution >= 4 is 17.5 Å². The van der Waals surface area contributed by atoms with E-state index < -0.39 is 0 Å². The average Bonchev–Trinajstić information content (AvgIpc) is 2.71. The standard InChI is InChI=1S/C20H25N3O4/c1-21-20(25)15-5-7-16(8-6-15)23-13-19(24)22-11-10-14-4-9-17(26-2)18(12-14)27-3/h4-9,12,23H,10-11,13H2,1-3H3,(H,21,25)(H,22,24). The van der Waals surface area contributed by atoms with E-state index >= 15 is 0 Å². The molecule has 0 saturated heterocycles. The normalized spacial score (nSPS) is 10.0. The first-order valence-corrected chi connectivity index (χ1v) is 8.61. The second kappa shape index (κ2) is 10.1. The molecule has 0 fully saturated rings. The minimum atomic E-state index is -0.144. The fourth-order valence-corrected chi connectivity index (χ4v) is 2.51. The van der Waals surface area contributed by atoms with Crippen molar-refractivity contribution in [2.75, 3.05) is 39.7 Å². The van der Waals surface area contributed by atoms with Gasteiger partial charge in [-0.1, -0.05) is 6.07 Å². The van der Waals surface area contributed by atoms with Crippen molar-refractivity contribution in [3.63, 3.8) is 0 Å². The van der Waals surface area contributed by atoms with E-state index in [9.17, 15) is 9.59 Å². The summed E-state index contributed by atoms with van der Waals surface area (Å²) in [4.78, 5) is 23.5. The summed E-state index contributed by atoms with van der Waals surface area (Å²) in [5.74, 6) is 1.10. The number of methoxy groups -OCH3 is 2. The van der Waals surface area contributed by atoms with Crippen LogP contribution in [0.5, 0.6) is 11.5 Å². The molecule has 2 rings (SSSR count). The molecule has 0 atom stereocenters. The Morgan fingerprint density at radius 2 is 1.67 bits per heavy atom. The van der Waals surface area contributed by atoms with Gasteiger partial charge in [-0.3, -0.25) is 9.59 Å². The first-order valence-electron chi connectivity index (χ1n) is 8.61. The predicted octanol–water partition coefficient (Wildman–Crippen LogP) is 1.83. The van der Waals surface area contributed by atoms with E-state index in [0.717, 1.165) is 11.3 Å². The monoisotopic (exact) mass is 371 g/mol. The molecule has 0 aliphatic carbocycles. The van der Waals surface area contributed by atoms with E-state index in [0.29, 0.717) is 30.0 Å². The van der Waals surface area contributed by atoms with Crippen LogP contribution in [0, 0.1) is 0 Å². The molecule has 2 amide bonds. The van der Waals surface area contributed by atoms with E-state index in [-0.39, 0.29) is 18.4 Å². The molecule has 2 aromatic rings. The highest BCUT2D eigenvalue weighted by Gasteiger charge is 2.06. The van der Waals surface area contributed by atoms with Gasteiger partial charge in [0.2, 0.25) is 5.91 Å². The minimum absolute atomic E-state index is 0.106. The lowest BCUT2D eigenvalue weighted by Gasteiger charge is -2.11. The van der Waals surface area contributed by atoms with E-state index in [4.69, 9.17) is 9.47 Å². The van der Waals surface area contributed by atoms with Crippen LogP contribution >= 0.6 is 0 Å². The third-order valence-electron chi connectivity index (χ3n) is 4.01. The predicted molar refractivity (Wildman–Crippen MR) is 105 cm³/mol. The summed E-state index contributed by atoms with van der Waals surface area (Å²) in [5, 5.41) is 8.46. The van der Waals surface area contributed by atoms with Crippen LogP contribution in [0.3, 0.4) is 0 Å². The van der Waals surface area contributed by atoms with Crippen LogP contribution in [0.15, 0.2) is 42.5 Å². The SMILES string of the molecule is CNC(=O)c1ccc(NCC(=O)NCCc2ccc(OC)c(OC)c2)cc1. The van der Waals surface area contributed by atoms with Gasteiger partial charge in [-0.15, -0.1) is 0 Å². The molecule has 0 aliphatic heterocycles. The maximum atomic E-state index is 12.0. The van der Waals surface area contributed by atoms with Gasteiger partial charge in [0.15, 0.2) is 11.5 Å². The van der Waals surface area contributed by atoms with Gasteiger partial charge in [-0.05, 0) is 48.4 Å². The minimum Gasteiger partial charge on any atom is -0.493 e. The third kappa shape index (κ3) is 5.91. The summed E-state index contributed by atoms with van der Waals surface area (Å²) >= 11 is 0. The Morgan fingerprint density at radius 3 is 2.30 bits per heavy atom. The van der Waals surface area contributed by atoms with Gasteiger partial charge in [0.05, 0.1) is 20.8 Å². The topological polar surface area (TPSA) is 88.7 Å². The van der Waals surface area contributed by atoms with Crippen molar-refractivity contribution in [2.24, 2.45) is 0 Å². The molecule has 0 radical (unpaired) electrons. The molecule has 0 bridgehead atoms. The highest BCUT2D eigenvalue weighted by Crippen LogP contribution is 2.27. The largest absolute Gasteiger partial charge is 0.493 e. The van der Waals surface area contributed by atoms with Gasteiger partial charge in [-0.25, -0.2) is 0 Å². The number of amides is 2. The summed E-state index contributed by atoms with van der Waals surface area (Å²) in [7, 11) is 4.77. The number of benzene rings is 2. The van der Waals surface area contributed by atoms with Gasteiger partial charge in [-0.2, -0.15) is 0 Å². The van der Waals surface area contributed by atoms with Crippen LogP contribution in [0.25, 0.3) is 0 Å². The molecular weight excluding hydrogens is 346 g/mol. The average molecular weight is 371 g/mol. The fraction of sp³-hybridized carbons (Fsp3) is 0.300. The zero-order valence-electron chi connectivity index (χ0n) is 15.8. The molecule has 0 heterocycles. The van der Waals surface area contributed by atoms with Gasteiger partial charge >= 0.3 is 0 Å². The third-order valence-corrected chi connectivity index (χ3v) is 4.01. The van der Waals surface area contributed by atoms with E-state index in [2.05, 4.69) is 16.0 Å². The zero-order chi connectivity index (χ0) is 19.6. The van der Waals surface area contributed by atoms with E-state index in [1.54, 1.807) is 45.5 Å². The number of carbonyl (C=O) groups excluding carboxylic acids is 2. The molecule has 2 aromatic carbocycles. The maximum Gasteiger partial charge on any atom is 0.251 e. The zero-order valence-corrected chi connectivity index (χ0v) is 15.8. The number of hydrogen-bond donors (Lipinski definition) is 3.